The normalized spacial score (nSPS) is 14.7. The molecule has 12 heteroatoms. The number of nitrogen functional groups attached to an aromatic ring is 1. The van der Waals surface area contributed by atoms with E-state index in [0.717, 1.165) is 56.5 Å². The highest BCUT2D eigenvalue weighted by molar-refractivity contribution is 5.94. The van der Waals surface area contributed by atoms with Gasteiger partial charge in [0.25, 0.3) is 5.91 Å². The van der Waals surface area contributed by atoms with E-state index in [9.17, 15) is 4.79 Å². The van der Waals surface area contributed by atoms with E-state index in [4.69, 9.17) is 15.1 Å². The lowest BCUT2D eigenvalue weighted by Crippen LogP contribution is -2.28. The molecule has 0 spiro atoms. The van der Waals surface area contributed by atoms with E-state index < -0.39 is 5.91 Å². The summed E-state index contributed by atoms with van der Waals surface area (Å²) >= 11 is 0. The Labute approximate surface area is 209 Å². The first-order valence-corrected chi connectivity index (χ1v) is 12.5. The SMILES string of the molecule is CCCCCOc1ccc(/C=N/NC(=O)c2nnn(-c3nonc3N)c2CN2CCCCCC2)cc1. The first-order valence-electron chi connectivity index (χ1n) is 12.5. The molecule has 3 aromatic rings. The summed E-state index contributed by atoms with van der Waals surface area (Å²) in [7, 11) is 0. The van der Waals surface area contributed by atoms with E-state index in [1.807, 2.05) is 24.3 Å². The van der Waals surface area contributed by atoms with Gasteiger partial charge in [-0.2, -0.15) is 9.78 Å². The third kappa shape index (κ3) is 6.66. The van der Waals surface area contributed by atoms with Gasteiger partial charge in [0.05, 0.1) is 18.5 Å². The van der Waals surface area contributed by atoms with Crippen molar-refractivity contribution in [2.75, 3.05) is 25.4 Å². The summed E-state index contributed by atoms with van der Waals surface area (Å²) in [6, 6.07) is 7.53. The van der Waals surface area contributed by atoms with Gasteiger partial charge in [0.15, 0.2) is 5.69 Å². The summed E-state index contributed by atoms with van der Waals surface area (Å²) in [5.41, 5.74) is 9.95. The number of hydrogen-bond acceptors (Lipinski definition) is 10. The molecule has 3 heterocycles. The monoisotopic (exact) mass is 495 g/mol. The highest BCUT2D eigenvalue weighted by atomic mass is 16.6. The fraction of sp³-hybridized carbons (Fsp3) is 0.500. The Morgan fingerprint density at radius 2 is 1.94 bits per heavy atom. The van der Waals surface area contributed by atoms with E-state index in [1.54, 1.807) is 6.21 Å². The van der Waals surface area contributed by atoms with Crippen LogP contribution >= 0.6 is 0 Å². The van der Waals surface area contributed by atoms with Gasteiger partial charge >= 0.3 is 0 Å². The summed E-state index contributed by atoms with van der Waals surface area (Å²) in [6.45, 7) is 5.18. The fourth-order valence-electron chi connectivity index (χ4n) is 4.04. The molecule has 1 aliphatic heterocycles. The number of likely N-dealkylation sites (tertiary alicyclic amines) is 1. The number of carbonyl (C=O) groups excluding carboxylic acids is 1. The minimum atomic E-state index is -0.478. The molecule has 3 N–H and O–H groups in total. The largest absolute Gasteiger partial charge is 0.494 e. The average molecular weight is 496 g/mol. The van der Waals surface area contributed by atoms with Crippen molar-refractivity contribution in [3.05, 3.63) is 41.2 Å². The Kier molecular flexibility index (Phi) is 8.98. The predicted octanol–water partition coefficient (Wildman–Crippen LogP) is 2.94. The molecular formula is C24H33N9O3. The summed E-state index contributed by atoms with van der Waals surface area (Å²) in [6.07, 6.45) is 9.51. The second-order valence-electron chi connectivity index (χ2n) is 8.78. The molecule has 0 atom stereocenters. The minimum Gasteiger partial charge on any atom is -0.494 e. The summed E-state index contributed by atoms with van der Waals surface area (Å²) in [5, 5.41) is 19.8. The second-order valence-corrected chi connectivity index (χ2v) is 8.78. The molecule has 12 nitrogen and oxygen atoms in total. The average Bonchev–Trinajstić information content (AvgIpc) is 3.40. The van der Waals surface area contributed by atoms with E-state index >= 15 is 0 Å². The first-order chi connectivity index (χ1) is 17.7. The zero-order valence-corrected chi connectivity index (χ0v) is 20.6. The topological polar surface area (TPSA) is 150 Å². The number of carbonyl (C=O) groups is 1. The number of nitrogens with one attached hydrogen (secondary N) is 1. The number of amides is 1. The maximum absolute atomic E-state index is 13.0. The zero-order chi connectivity index (χ0) is 25.2. The van der Waals surface area contributed by atoms with Crippen LogP contribution in [0.25, 0.3) is 5.82 Å². The minimum absolute atomic E-state index is 0.0692. The molecule has 0 radical (unpaired) electrons. The third-order valence-electron chi connectivity index (χ3n) is 6.02. The number of hydrazone groups is 1. The molecule has 2 aromatic heterocycles. The number of aromatic nitrogens is 5. The summed E-state index contributed by atoms with van der Waals surface area (Å²) in [4.78, 5) is 15.3. The van der Waals surface area contributed by atoms with Gasteiger partial charge in [-0.15, -0.1) is 5.10 Å². The zero-order valence-electron chi connectivity index (χ0n) is 20.6. The van der Waals surface area contributed by atoms with Crippen molar-refractivity contribution in [2.45, 2.75) is 58.4 Å². The molecule has 1 amide bonds. The lowest BCUT2D eigenvalue weighted by atomic mass is 10.2. The Morgan fingerprint density at radius 1 is 1.17 bits per heavy atom. The summed E-state index contributed by atoms with van der Waals surface area (Å²) in [5.74, 6) is 0.601. The molecule has 192 valence electrons. The van der Waals surface area contributed by atoms with Crippen LogP contribution < -0.4 is 15.9 Å². The van der Waals surface area contributed by atoms with E-state index in [0.29, 0.717) is 18.8 Å². The Balaban J connectivity index is 1.43. The van der Waals surface area contributed by atoms with Crippen LogP contribution in [0.2, 0.25) is 0 Å². The van der Waals surface area contributed by atoms with Crippen LogP contribution in [-0.2, 0) is 6.54 Å². The molecule has 1 fully saturated rings. The fourth-order valence-corrected chi connectivity index (χ4v) is 4.04. The third-order valence-corrected chi connectivity index (χ3v) is 6.02. The predicted molar refractivity (Wildman–Crippen MR) is 134 cm³/mol. The molecular weight excluding hydrogens is 462 g/mol. The maximum Gasteiger partial charge on any atom is 0.293 e. The summed E-state index contributed by atoms with van der Waals surface area (Å²) < 4.78 is 11.9. The number of hydrogen-bond donors (Lipinski definition) is 2. The van der Waals surface area contributed by atoms with Crippen LogP contribution in [0.5, 0.6) is 5.75 Å². The van der Waals surface area contributed by atoms with Crippen molar-refractivity contribution in [1.82, 2.24) is 35.6 Å². The van der Waals surface area contributed by atoms with Crippen LogP contribution in [0, 0.1) is 0 Å². The Bertz CT molecular complexity index is 1130. The second kappa shape index (κ2) is 12.8. The van der Waals surface area contributed by atoms with E-state index in [1.165, 1.54) is 17.5 Å². The Morgan fingerprint density at radius 3 is 2.64 bits per heavy atom. The number of nitrogens with zero attached hydrogens (tertiary/aromatic N) is 7. The molecule has 0 aliphatic carbocycles. The van der Waals surface area contributed by atoms with Gasteiger partial charge in [-0.3, -0.25) is 9.69 Å². The quantitative estimate of drug-likeness (QED) is 0.232. The van der Waals surface area contributed by atoms with Crippen molar-refractivity contribution in [3.8, 4) is 11.6 Å². The van der Waals surface area contributed by atoms with Crippen molar-refractivity contribution in [1.29, 1.82) is 0 Å². The van der Waals surface area contributed by atoms with E-state index in [2.05, 4.69) is 43.0 Å². The number of nitrogens with two attached hydrogens (primary N) is 1. The van der Waals surface area contributed by atoms with Gasteiger partial charge in [0.2, 0.25) is 11.6 Å². The van der Waals surface area contributed by atoms with Crippen molar-refractivity contribution in [3.63, 3.8) is 0 Å². The molecule has 1 aliphatic rings. The highest BCUT2D eigenvalue weighted by Gasteiger charge is 2.25. The standard InChI is InChI=1S/C24H33N9O3/c1-2-3-8-15-35-19-11-9-18(10-12-19)16-26-28-24(34)21-20(17-32-13-6-4-5-7-14-32)33(31-27-21)23-22(25)29-36-30-23/h9-12,16H,2-8,13-15,17H2,1H3,(H2,25,29)(H,28,34)/b26-16+. The number of unbranched alkanes of at least 4 members (excludes halogenated alkanes) is 2. The number of anilines is 1. The van der Waals surface area contributed by atoms with Crippen LogP contribution in [0.1, 0.15) is 73.6 Å². The lowest BCUT2D eigenvalue weighted by molar-refractivity contribution is 0.0947. The van der Waals surface area contributed by atoms with Crippen molar-refractivity contribution >= 4 is 17.9 Å². The number of ether oxygens (including phenoxy) is 1. The van der Waals surface area contributed by atoms with Crippen molar-refractivity contribution in [2.24, 2.45) is 5.10 Å². The van der Waals surface area contributed by atoms with Gasteiger partial charge in [-0.25, -0.2) is 10.1 Å². The smallest absolute Gasteiger partial charge is 0.293 e. The highest BCUT2D eigenvalue weighted by Crippen LogP contribution is 2.20. The van der Waals surface area contributed by atoms with Gasteiger partial charge < -0.3 is 10.5 Å². The molecule has 0 unspecified atom stereocenters. The Hall–Kier alpha value is -3.80. The molecule has 1 aromatic carbocycles. The molecule has 1 saturated heterocycles. The number of benzene rings is 1. The van der Waals surface area contributed by atoms with Crippen LogP contribution in [-0.4, -0.2) is 62.0 Å². The van der Waals surface area contributed by atoms with Gasteiger partial charge in [0.1, 0.15) is 5.75 Å². The molecule has 0 saturated carbocycles. The van der Waals surface area contributed by atoms with Crippen LogP contribution in [0.4, 0.5) is 5.82 Å². The van der Waals surface area contributed by atoms with E-state index in [-0.39, 0.29) is 17.3 Å². The van der Waals surface area contributed by atoms with Crippen LogP contribution in [0.3, 0.4) is 0 Å². The molecule has 0 bridgehead atoms. The van der Waals surface area contributed by atoms with Gasteiger partial charge in [-0.05, 0) is 72.5 Å². The first kappa shape index (κ1) is 25.3. The van der Waals surface area contributed by atoms with Crippen molar-refractivity contribution < 1.29 is 14.2 Å². The maximum atomic E-state index is 13.0. The number of rotatable bonds is 11. The van der Waals surface area contributed by atoms with Gasteiger partial charge in [-0.1, -0.05) is 37.8 Å². The molecule has 36 heavy (non-hydrogen) atoms. The van der Waals surface area contributed by atoms with Crippen LogP contribution in [0.15, 0.2) is 34.0 Å². The molecule has 4 rings (SSSR count). The van der Waals surface area contributed by atoms with Gasteiger partial charge in [0, 0.05) is 6.54 Å². The lowest BCUT2D eigenvalue weighted by Gasteiger charge is -2.20.